The van der Waals surface area contributed by atoms with Crippen LogP contribution in [0, 0.1) is 0 Å². The number of nitrogens with one attached hydrogen (secondary N) is 1. The lowest BCUT2D eigenvalue weighted by Crippen LogP contribution is -2.48. The van der Waals surface area contributed by atoms with Gasteiger partial charge in [0.1, 0.15) is 5.75 Å². The van der Waals surface area contributed by atoms with E-state index in [9.17, 15) is 18.6 Å². The molecule has 0 heterocycles. The first-order chi connectivity index (χ1) is 13.3. The van der Waals surface area contributed by atoms with Crippen LogP contribution in [-0.2, 0) is 10.1 Å². The lowest BCUT2D eigenvalue weighted by atomic mass is 9.82. The highest BCUT2D eigenvalue weighted by Crippen LogP contribution is 2.42. The summed E-state index contributed by atoms with van der Waals surface area (Å²) in [6.45, 7) is 0.401. The lowest BCUT2D eigenvalue weighted by Gasteiger charge is -2.37. The maximum absolute atomic E-state index is 11.3. The van der Waals surface area contributed by atoms with Crippen LogP contribution in [0.4, 0.5) is 0 Å². The average molecular weight is 406 g/mol. The summed E-state index contributed by atoms with van der Waals surface area (Å²) in [5.41, 5.74) is 2.09. The summed E-state index contributed by atoms with van der Waals surface area (Å²) in [7, 11) is -3.98. The Hall–Kier alpha value is -1.93. The van der Waals surface area contributed by atoms with Gasteiger partial charge >= 0.3 is 0 Å². The van der Waals surface area contributed by atoms with Crippen LogP contribution in [0.2, 0.25) is 0 Å². The molecular formula is C21H27NO5S. The monoisotopic (exact) mass is 405 g/mol. The summed E-state index contributed by atoms with van der Waals surface area (Å²) in [6, 6.07) is 14.6. The van der Waals surface area contributed by atoms with E-state index in [2.05, 4.69) is 5.32 Å². The Kier molecular flexibility index (Phi) is 6.40. The molecule has 4 N–H and O–H groups in total. The van der Waals surface area contributed by atoms with Gasteiger partial charge in [-0.1, -0.05) is 49.2 Å². The van der Waals surface area contributed by atoms with E-state index in [-0.39, 0.29) is 17.9 Å². The minimum Gasteiger partial charge on any atom is -0.508 e. The molecule has 1 saturated carbocycles. The van der Waals surface area contributed by atoms with Gasteiger partial charge in [0.2, 0.25) is 0 Å². The molecule has 7 heteroatoms. The minimum atomic E-state index is -3.98. The molecule has 1 atom stereocenters. The summed E-state index contributed by atoms with van der Waals surface area (Å²) >= 11 is 0. The fourth-order valence-corrected chi connectivity index (χ4v) is 4.59. The van der Waals surface area contributed by atoms with Gasteiger partial charge < -0.3 is 15.5 Å². The summed E-state index contributed by atoms with van der Waals surface area (Å²) in [6.07, 6.45) is 3.10. The largest absolute Gasteiger partial charge is 0.508 e. The smallest absolute Gasteiger partial charge is 0.264 e. The van der Waals surface area contributed by atoms with E-state index in [1.54, 1.807) is 12.1 Å². The van der Waals surface area contributed by atoms with Gasteiger partial charge in [-0.2, -0.15) is 8.42 Å². The number of aromatic hydroxyl groups is 1. The molecule has 0 spiro atoms. The van der Waals surface area contributed by atoms with Gasteiger partial charge in [-0.05, 0) is 54.6 Å². The number of phenolic OH excluding ortho intramolecular Hbond substituents is 1. The number of aliphatic hydroxyl groups excluding tert-OH is 1. The molecule has 0 saturated heterocycles. The van der Waals surface area contributed by atoms with E-state index < -0.39 is 21.8 Å². The van der Waals surface area contributed by atoms with Crippen molar-refractivity contribution in [2.75, 3.05) is 12.3 Å². The third kappa shape index (κ3) is 4.91. The number of benzene rings is 2. The van der Waals surface area contributed by atoms with Crippen LogP contribution in [0.15, 0.2) is 48.5 Å². The van der Waals surface area contributed by atoms with Crippen LogP contribution >= 0.6 is 0 Å². The first kappa shape index (κ1) is 20.8. The van der Waals surface area contributed by atoms with Crippen molar-refractivity contribution in [3.05, 3.63) is 54.1 Å². The quantitative estimate of drug-likeness (QED) is 0.397. The molecule has 2 aromatic carbocycles. The van der Waals surface area contributed by atoms with Gasteiger partial charge in [-0.3, -0.25) is 4.55 Å². The average Bonchev–Trinajstić information content (AvgIpc) is 3.15. The second kappa shape index (κ2) is 8.61. The van der Waals surface area contributed by atoms with E-state index in [1.807, 2.05) is 36.4 Å². The van der Waals surface area contributed by atoms with Gasteiger partial charge in [-0.15, -0.1) is 0 Å². The van der Waals surface area contributed by atoms with Crippen molar-refractivity contribution < 1.29 is 23.2 Å². The first-order valence-corrected chi connectivity index (χ1v) is 11.2. The predicted molar refractivity (Wildman–Crippen MR) is 109 cm³/mol. The van der Waals surface area contributed by atoms with Crippen LogP contribution in [0.3, 0.4) is 0 Å². The molecule has 0 aromatic heterocycles. The summed E-state index contributed by atoms with van der Waals surface area (Å²) in [5.74, 6) is -0.106. The lowest BCUT2D eigenvalue weighted by molar-refractivity contribution is 0.0620. The van der Waals surface area contributed by atoms with Crippen molar-refractivity contribution in [2.45, 2.75) is 43.7 Å². The third-order valence-electron chi connectivity index (χ3n) is 5.51. The number of phenols is 1. The zero-order valence-electron chi connectivity index (χ0n) is 15.7. The molecule has 1 unspecified atom stereocenters. The normalized spacial score (nSPS) is 17.5. The minimum absolute atomic E-state index is 0.189. The Morgan fingerprint density at radius 1 is 1.04 bits per heavy atom. The fraction of sp³-hybridized carbons (Fsp3) is 0.429. The van der Waals surface area contributed by atoms with Crippen molar-refractivity contribution >= 4 is 10.1 Å². The molecule has 3 rings (SSSR count). The van der Waals surface area contributed by atoms with Crippen molar-refractivity contribution in [3.8, 4) is 16.9 Å². The molecule has 6 nitrogen and oxygen atoms in total. The van der Waals surface area contributed by atoms with Crippen LogP contribution in [0.5, 0.6) is 5.75 Å². The molecule has 1 fully saturated rings. The SMILES string of the molecule is O=S(=O)(O)CCCNC1(C(O)c2ccccc2-c2ccc(O)cc2)CCCC1. The van der Waals surface area contributed by atoms with Gasteiger partial charge in [0, 0.05) is 5.54 Å². The molecule has 2 aromatic rings. The molecule has 0 radical (unpaired) electrons. The highest BCUT2D eigenvalue weighted by atomic mass is 32.2. The number of aliphatic hydroxyl groups is 1. The zero-order valence-corrected chi connectivity index (χ0v) is 16.5. The Morgan fingerprint density at radius 3 is 2.32 bits per heavy atom. The van der Waals surface area contributed by atoms with Crippen LogP contribution in [-0.4, -0.2) is 41.0 Å². The maximum Gasteiger partial charge on any atom is 0.264 e. The van der Waals surface area contributed by atoms with Crippen LogP contribution in [0.1, 0.15) is 43.8 Å². The summed E-state index contributed by atoms with van der Waals surface area (Å²) < 4.78 is 30.8. The number of hydrogen-bond acceptors (Lipinski definition) is 5. The predicted octanol–water partition coefficient (Wildman–Crippen LogP) is 3.27. The highest BCUT2D eigenvalue weighted by Gasteiger charge is 2.41. The molecule has 0 aliphatic heterocycles. The van der Waals surface area contributed by atoms with Gasteiger partial charge in [0.05, 0.1) is 11.9 Å². The van der Waals surface area contributed by atoms with Gasteiger partial charge in [-0.25, -0.2) is 0 Å². The Morgan fingerprint density at radius 2 is 1.68 bits per heavy atom. The Labute approximate surface area is 166 Å². The summed E-state index contributed by atoms with van der Waals surface area (Å²) in [5, 5.41) is 24.3. The Bertz CT molecular complexity index is 889. The van der Waals surface area contributed by atoms with E-state index >= 15 is 0 Å². The van der Waals surface area contributed by atoms with Crippen LogP contribution in [0.25, 0.3) is 11.1 Å². The zero-order chi connectivity index (χ0) is 20.2. The topological polar surface area (TPSA) is 107 Å². The molecule has 0 bridgehead atoms. The first-order valence-electron chi connectivity index (χ1n) is 9.57. The number of rotatable bonds is 8. The van der Waals surface area contributed by atoms with E-state index in [4.69, 9.17) is 4.55 Å². The van der Waals surface area contributed by atoms with E-state index in [1.165, 1.54) is 0 Å². The fourth-order valence-electron chi connectivity index (χ4n) is 4.08. The molecule has 1 aliphatic carbocycles. The Balaban J connectivity index is 1.84. The van der Waals surface area contributed by atoms with Gasteiger partial charge in [0.15, 0.2) is 0 Å². The molecule has 1 aliphatic rings. The van der Waals surface area contributed by atoms with Crippen molar-refractivity contribution in [1.29, 1.82) is 0 Å². The van der Waals surface area contributed by atoms with Crippen molar-refractivity contribution in [1.82, 2.24) is 5.32 Å². The van der Waals surface area contributed by atoms with Crippen LogP contribution < -0.4 is 5.32 Å². The number of hydrogen-bond donors (Lipinski definition) is 4. The van der Waals surface area contributed by atoms with E-state index in [0.717, 1.165) is 42.4 Å². The van der Waals surface area contributed by atoms with Crippen molar-refractivity contribution in [3.63, 3.8) is 0 Å². The maximum atomic E-state index is 11.3. The van der Waals surface area contributed by atoms with Gasteiger partial charge in [0.25, 0.3) is 10.1 Å². The second-order valence-corrected chi connectivity index (χ2v) is 9.04. The van der Waals surface area contributed by atoms with E-state index in [0.29, 0.717) is 6.54 Å². The standard InChI is InChI=1S/C21H27NO5S/c23-17-10-8-16(9-11-17)18-6-1-2-7-19(18)20(24)21(12-3-4-13-21)22-14-5-15-28(25,26)27/h1-2,6-11,20,22-24H,3-5,12-15H2,(H,25,26,27). The van der Waals surface area contributed by atoms with Crippen molar-refractivity contribution in [2.24, 2.45) is 0 Å². The molecular weight excluding hydrogens is 378 g/mol. The molecule has 0 amide bonds. The molecule has 28 heavy (non-hydrogen) atoms. The third-order valence-corrected chi connectivity index (χ3v) is 6.31. The molecule has 152 valence electrons. The summed E-state index contributed by atoms with van der Waals surface area (Å²) in [4.78, 5) is 0. The second-order valence-electron chi connectivity index (χ2n) is 7.47. The highest BCUT2D eigenvalue weighted by molar-refractivity contribution is 7.85.